The molecule has 0 amide bonds. The second kappa shape index (κ2) is 6.42. The maximum absolute atomic E-state index is 12.6. The monoisotopic (exact) mass is 345 g/mol. The second-order valence-corrected chi connectivity index (χ2v) is 6.94. The van der Waals surface area contributed by atoms with Gasteiger partial charge in [0, 0.05) is 17.8 Å². The minimum absolute atomic E-state index is 0.0232. The van der Waals surface area contributed by atoms with Gasteiger partial charge in [-0.15, -0.1) is 0 Å². The Morgan fingerprint density at radius 1 is 1.21 bits per heavy atom. The zero-order chi connectivity index (χ0) is 17.2. The molecule has 8 heteroatoms. The summed E-state index contributed by atoms with van der Waals surface area (Å²) in [6, 6.07) is 10.8. The number of fused-ring (bicyclic) bond motifs is 1. The smallest absolute Gasteiger partial charge is 0.322 e. The molecule has 2 aromatic heterocycles. The lowest BCUT2D eigenvalue weighted by Crippen LogP contribution is -2.42. The number of aliphatic carboxylic acids is 1. The fourth-order valence-corrected chi connectivity index (χ4v) is 3.79. The molecule has 0 aliphatic carbocycles. The number of sulfonamides is 1. The first-order chi connectivity index (χ1) is 11.5. The predicted octanol–water partition coefficient (Wildman–Crippen LogP) is 1.54. The standard InChI is InChI=1S/C16H15N3O4S/c20-16(21)13(9-11-5-2-1-3-6-11)19-24(22,23)14-10-18-15-12(14)7-4-8-17-15/h1-8,10,13,19H,9H2,(H,17,18)(H,20,21)/t13-/m1/s1. The SMILES string of the molecule is O=C(O)[C@@H](Cc1ccccc1)NS(=O)(=O)c1c[nH]c2ncccc12. The van der Waals surface area contributed by atoms with E-state index in [0.717, 1.165) is 5.56 Å². The number of nitrogens with one attached hydrogen (secondary N) is 2. The molecule has 24 heavy (non-hydrogen) atoms. The molecule has 3 aromatic rings. The summed E-state index contributed by atoms with van der Waals surface area (Å²) in [5.74, 6) is -1.24. The molecule has 1 aromatic carbocycles. The minimum Gasteiger partial charge on any atom is -0.480 e. The maximum Gasteiger partial charge on any atom is 0.322 e. The molecule has 0 radical (unpaired) electrons. The first kappa shape index (κ1) is 16.2. The largest absolute Gasteiger partial charge is 0.480 e. The minimum atomic E-state index is -4.01. The Balaban J connectivity index is 1.90. The molecular weight excluding hydrogens is 330 g/mol. The van der Waals surface area contributed by atoms with Crippen molar-refractivity contribution in [2.75, 3.05) is 0 Å². The molecular formula is C16H15N3O4S. The van der Waals surface area contributed by atoms with Crippen molar-refractivity contribution in [1.82, 2.24) is 14.7 Å². The number of pyridine rings is 1. The third kappa shape index (κ3) is 3.29. The van der Waals surface area contributed by atoms with E-state index < -0.39 is 22.0 Å². The van der Waals surface area contributed by atoms with Gasteiger partial charge < -0.3 is 10.1 Å². The number of benzene rings is 1. The molecule has 7 nitrogen and oxygen atoms in total. The molecule has 0 bridgehead atoms. The molecule has 2 heterocycles. The Hall–Kier alpha value is -2.71. The number of hydrogen-bond acceptors (Lipinski definition) is 4. The molecule has 0 spiro atoms. The molecule has 0 saturated heterocycles. The van der Waals surface area contributed by atoms with Gasteiger partial charge in [-0.2, -0.15) is 4.72 Å². The van der Waals surface area contributed by atoms with Crippen LogP contribution in [0, 0.1) is 0 Å². The van der Waals surface area contributed by atoms with Crippen LogP contribution in [-0.4, -0.2) is 35.5 Å². The van der Waals surface area contributed by atoms with Gasteiger partial charge in [0.15, 0.2) is 0 Å². The van der Waals surface area contributed by atoms with Crippen LogP contribution in [0.25, 0.3) is 11.0 Å². The van der Waals surface area contributed by atoms with E-state index in [2.05, 4.69) is 14.7 Å². The first-order valence-corrected chi connectivity index (χ1v) is 8.67. The van der Waals surface area contributed by atoms with Crippen molar-refractivity contribution in [3.63, 3.8) is 0 Å². The summed E-state index contributed by atoms with van der Waals surface area (Å²) in [5, 5.41) is 9.77. The van der Waals surface area contributed by atoms with E-state index in [9.17, 15) is 18.3 Å². The van der Waals surface area contributed by atoms with Crippen LogP contribution in [0.2, 0.25) is 0 Å². The molecule has 3 N–H and O–H groups in total. The number of hydrogen-bond donors (Lipinski definition) is 3. The third-order valence-corrected chi connectivity index (χ3v) is 5.09. The molecule has 124 valence electrons. The van der Waals surface area contributed by atoms with Gasteiger partial charge in [-0.05, 0) is 24.1 Å². The van der Waals surface area contributed by atoms with Crippen molar-refractivity contribution in [2.45, 2.75) is 17.4 Å². The topological polar surface area (TPSA) is 112 Å². The van der Waals surface area contributed by atoms with Gasteiger partial charge in [0.25, 0.3) is 0 Å². The molecule has 0 fully saturated rings. The highest BCUT2D eigenvalue weighted by molar-refractivity contribution is 7.89. The summed E-state index contributed by atoms with van der Waals surface area (Å²) in [6.45, 7) is 0. The van der Waals surface area contributed by atoms with Gasteiger partial charge in [0.1, 0.15) is 16.6 Å². The van der Waals surface area contributed by atoms with E-state index in [1.807, 2.05) is 6.07 Å². The second-order valence-electron chi connectivity index (χ2n) is 5.25. The van der Waals surface area contributed by atoms with E-state index in [-0.39, 0.29) is 11.3 Å². The van der Waals surface area contributed by atoms with Crippen LogP contribution in [0.5, 0.6) is 0 Å². The van der Waals surface area contributed by atoms with Gasteiger partial charge in [0.2, 0.25) is 10.0 Å². The number of nitrogens with zero attached hydrogens (tertiary/aromatic N) is 1. The first-order valence-electron chi connectivity index (χ1n) is 7.18. The van der Waals surface area contributed by atoms with Crippen LogP contribution >= 0.6 is 0 Å². The van der Waals surface area contributed by atoms with Crippen molar-refractivity contribution in [3.8, 4) is 0 Å². The van der Waals surface area contributed by atoms with E-state index in [1.165, 1.54) is 12.4 Å². The van der Waals surface area contributed by atoms with Gasteiger partial charge in [0.05, 0.1) is 0 Å². The van der Waals surface area contributed by atoms with E-state index in [0.29, 0.717) is 11.0 Å². The van der Waals surface area contributed by atoms with Crippen LogP contribution in [0.3, 0.4) is 0 Å². The van der Waals surface area contributed by atoms with Gasteiger partial charge in [-0.1, -0.05) is 30.3 Å². The van der Waals surface area contributed by atoms with Crippen molar-refractivity contribution in [2.24, 2.45) is 0 Å². The summed E-state index contributed by atoms with van der Waals surface area (Å²) in [4.78, 5) is 18.2. The Morgan fingerprint density at radius 3 is 2.67 bits per heavy atom. The summed E-state index contributed by atoms with van der Waals surface area (Å²) in [6.07, 6.45) is 2.90. The number of aromatic nitrogens is 2. The van der Waals surface area contributed by atoms with E-state index >= 15 is 0 Å². The van der Waals surface area contributed by atoms with Crippen LogP contribution in [-0.2, 0) is 21.2 Å². The molecule has 1 atom stereocenters. The highest BCUT2D eigenvalue weighted by Gasteiger charge is 2.27. The van der Waals surface area contributed by atoms with Crippen LogP contribution in [0.4, 0.5) is 0 Å². The molecule has 0 aliphatic rings. The highest BCUT2D eigenvalue weighted by Crippen LogP contribution is 2.21. The fraction of sp³-hybridized carbons (Fsp3) is 0.125. The third-order valence-electron chi connectivity index (χ3n) is 3.58. The van der Waals surface area contributed by atoms with Crippen molar-refractivity contribution < 1.29 is 18.3 Å². The normalized spacial score (nSPS) is 13.0. The van der Waals surface area contributed by atoms with Crippen molar-refractivity contribution in [1.29, 1.82) is 0 Å². The van der Waals surface area contributed by atoms with Gasteiger partial charge in [-0.3, -0.25) is 4.79 Å². The Bertz CT molecular complexity index is 967. The summed E-state index contributed by atoms with van der Waals surface area (Å²) in [5.41, 5.74) is 1.15. The average molecular weight is 345 g/mol. The van der Waals surface area contributed by atoms with Crippen molar-refractivity contribution >= 4 is 27.0 Å². The van der Waals surface area contributed by atoms with E-state index in [1.54, 1.807) is 36.4 Å². The molecule has 3 rings (SSSR count). The van der Waals surface area contributed by atoms with Crippen LogP contribution in [0.15, 0.2) is 59.8 Å². The van der Waals surface area contributed by atoms with Gasteiger partial charge >= 0.3 is 5.97 Å². The number of rotatable bonds is 6. The Morgan fingerprint density at radius 2 is 1.96 bits per heavy atom. The Kier molecular flexibility index (Phi) is 4.32. The zero-order valence-electron chi connectivity index (χ0n) is 12.5. The predicted molar refractivity (Wildman–Crippen MR) is 88.0 cm³/mol. The average Bonchev–Trinajstić information content (AvgIpc) is 3.00. The molecule has 0 unspecified atom stereocenters. The number of carboxylic acid groups (broad SMARTS) is 1. The fourth-order valence-electron chi connectivity index (χ4n) is 2.43. The lowest BCUT2D eigenvalue weighted by Gasteiger charge is -2.14. The summed E-state index contributed by atoms with van der Waals surface area (Å²) >= 11 is 0. The van der Waals surface area contributed by atoms with Crippen LogP contribution in [0.1, 0.15) is 5.56 Å². The number of aromatic amines is 1. The number of H-pyrrole nitrogens is 1. The Labute approximate surface area is 138 Å². The molecule has 0 saturated carbocycles. The highest BCUT2D eigenvalue weighted by atomic mass is 32.2. The number of carboxylic acids is 1. The number of carbonyl (C=O) groups is 1. The quantitative estimate of drug-likeness (QED) is 0.627. The van der Waals surface area contributed by atoms with Gasteiger partial charge in [-0.25, -0.2) is 13.4 Å². The lowest BCUT2D eigenvalue weighted by molar-refractivity contribution is -0.138. The van der Waals surface area contributed by atoms with Crippen LogP contribution < -0.4 is 4.72 Å². The zero-order valence-corrected chi connectivity index (χ0v) is 13.3. The lowest BCUT2D eigenvalue weighted by atomic mass is 10.1. The van der Waals surface area contributed by atoms with Crippen molar-refractivity contribution in [3.05, 3.63) is 60.4 Å². The summed E-state index contributed by atoms with van der Waals surface area (Å²) in [7, 11) is -4.01. The van der Waals surface area contributed by atoms with E-state index in [4.69, 9.17) is 0 Å². The molecule has 0 aliphatic heterocycles. The summed E-state index contributed by atoms with van der Waals surface area (Å²) < 4.78 is 27.4. The maximum atomic E-state index is 12.6.